The molecular weight excluding hydrogens is 332 g/mol. The number of aryl methyl sites for hydroxylation is 1. The molecule has 3 heterocycles. The van der Waals surface area contributed by atoms with Crippen molar-refractivity contribution in [1.29, 1.82) is 0 Å². The minimum Gasteiger partial charge on any atom is -0.461 e. The number of thiophene rings is 1. The molecule has 23 heavy (non-hydrogen) atoms. The van der Waals surface area contributed by atoms with Crippen LogP contribution in [0.3, 0.4) is 0 Å². The number of furan rings is 1. The van der Waals surface area contributed by atoms with Crippen LogP contribution in [0.1, 0.15) is 10.4 Å². The van der Waals surface area contributed by atoms with Crippen molar-refractivity contribution in [3.8, 4) is 11.6 Å². The molecule has 0 saturated heterocycles. The zero-order valence-electron chi connectivity index (χ0n) is 12.8. The first-order chi connectivity index (χ1) is 11.1. The Hall–Kier alpha value is -2.06. The van der Waals surface area contributed by atoms with E-state index in [4.69, 9.17) is 4.42 Å². The lowest BCUT2D eigenvalue weighted by molar-refractivity contribution is -0.118. The first kappa shape index (κ1) is 15.8. The largest absolute Gasteiger partial charge is 0.461 e. The predicted octanol–water partition coefficient (Wildman–Crippen LogP) is 2.85. The molecule has 1 amide bonds. The number of rotatable bonds is 6. The third kappa shape index (κ3) is 3.65. The summed E-state index contributed by atoms with van der Waals surface area (Å²) in [5, 5.41) is 13.8. The summed E-state index contributed by atoms with van der Waals surface area (Å²) in [7, 11) is 1.85. The van der Waals surface area contributed by atoms with Gasteiger partial charge in [0.05, 0.1) is 18.6 Å². The van der Waals surface area contributed by atoms with Gasteiger partial charge in [0.2, 0.25) is 5.91 Å². The van der Waals surface area contributed by atoms with Crippen LogP contribution in [0.15, 0.2) is 39.4 Å². The highest BCUT2D eigenvalue weighted by atomic mass is 32.2. The Morgan fingerprint density at radius 1 is 1.43 bits per heavy atom. The van der Waals surface area contributed by atoms with E-state index < -0.39 is 0 Å². The molecule has 3 aromatic rings. The zero-order valence-corrected chi connectivity index (χ0v) is 14.4. The van der Waals surface area contributed by atoms with Crippen molar-refractivity contribution < 1.29 is 9.21 Å². The Morgan fingerprint density at radius 2 is 2.30 bits per heavy atom. The van der Waals surface area contributed by atoms with Crippen LogP contribution in [0.25, 0.3) is 11.6 Å². The highest BCUT2D eigenvalue weighted by Gasteiger charge is 2.14. The molecule has 1 N–H and O–H groups in total. The van der Waals surface area contributed by atoms with Gasteiger partial charge in [0.25, 0.3) is 0 Å². The van der Waals surface area contributed by atoms with Crippen LogP contribution >= 0.6 is 23.1 Å². The van der Waals surface area contributed by atoms with Crippen LogP contribution in [-0.2, 0) is 18.4 Å². The molecule has 0 saturated carbocycles. The minimum absolute atomic E-state index is 0.0228. The second-order valence-corrected chi connectivity index (χ2v) is 6.88. The van der Waals surface area contributed by atoms with E-state index in [0.717, 1.165) is 0 Å². The monoisotopic (exact) mass is 348 g/mol. The molecule has 8 heteroatoms. The fourth-order valence-corrected chi connectivity index (χ4v) is 3.59. The number of carbonyl (C=O) groups excluding carboxylic acids is 1. The molecule has 0 aliphatic heterocycles. The first-order valence-corrected chi connectivity index (χ1v) is 8.87. The molecule has 6 nitrogen and oxygen atoms in total. The zero-order chi connectivity index (χ0) is 16.2. The Morgan fingerprint density at radius 3 is 3.00 bits per heavy atom. The Bertz CT molecular complexity index is 792. The lowest BCUT2D eigenvalue weighted by atomic mass is 10.3. The summed E-state index contributed by atoms with van der Waals surface area (Å²) in [4.78, 5) is 13.1. The van der Waals surface area contributed by atoms with Gasteiger partial charge in [-0.05, 0) is 36.1 Å². The molecule has 0 aromatic carbocycles. The average Bonchev–Trinajstić information content (AvgIpc) is 3.25. The van der Waals surface area contributed by atoms with Crippen molar-refractivity contribution in [3.63, 3.8) is 0 Å². The minimum atomic E-state index is -0.0228. The second kappa shape index (κ2) is 7.01. The molecule has 0 fully saturated rings. The van der Waals surface area contributed by atoms with Crippen molar-refractivity contribution in [2.45, 2.75) is 18.6 Å². The van der Waals surface area contributed by atoms with Gasteiger partial charge in [-0.2, -0.15) is 0 Å². The van der Waals surface area contributed by atoms with Crippen molar-refractivity contribution in [2.24, 2.45) is 7.05 Å². The molecule has 0 aliphatic carbocycles. The maximum Gasteiger partial charge on any atom is 0.230 e. The van der Waals surface area contributed by atoms with Gasteiger partial charge >= 0.3 is 0 Å². The number of hydrogen-bond acceptors (Lipinski definition) is 6. The molecular formula is C15H16N4O2S2. The molecule has 0 aliphatic rings. The van der Waals surface area contributed by atoms with Gasteiger partial charge in [0, 0.05) is 11.9 Å². The number of nitrogens with one attached hydrogen (secondary N) is 1. The Kier molecular flexibility index (Phi) is 4.82. The normalized spacial score (nSPS) is 10.9. The van der Waals surface area contributed by atoms with E-state index >= 15 is 0 Å². The van der Waals surface area contributed by atoms with Crippen LogP contribution in [0.5, 0.6) is 0 Å². The quantitative estimate of drug-likeness (QED) is 0.694. The molecule has 0 bridgehead atoms. The average molecular weight is 348 g/mol. The Labute approximate surface area is 141 Å². The van der Waals surface area contributed by atoms with E-state index in [2.05, 4.69) is 21.6 Å². The highest BCUT2D eigenvalue weighted by molar-refractivity contribution is 7.99. The summed E-state index contributed by atoms with van der Waals surface area (Å²) in [5.74, 6) is 1.58. The summed E-state index contributed by atoms with van der Waals surface area (Å²) in [6, 6.07) is 5.68. The van der Waals surface area contributed by atoms with Crippen LogP contribution in [0.4, 0.5) is 0 Å². The molecule has 3 aromatic heterocycles. The van der Waals surface area contributed by atoms with Crippen LogP contribution < -0.4 is 5.32 Å². The Balaban J connectivity index is 1.54. The maximum absolute atomic E-state index is 12.0. The molecule has 0 spiro atoms. The van der Waals surface area contributed by atoms with Gasteiger partial charge in [0.1, 0.15) is 0 Å². The molecule has 0 radical (unpaired) electrons. The number of aromatic nitrogens is 3. The molecule has 0 atom stereocenters. The standard InChI is InChI=1S/C15H16N4O2S2/c1-10-5-7-22-12(10)8-16-13(20)9-23-15-18-17-14(19(15)2)11-4-3-6-21-11/h3-7H,8-9H2,1-2H3,(H,16,20). The summed E-state index contributed by atoms with van der Waals surface area (Å²) in [6.45, 7) is 2.61. The maximum atomic E-state index is 12.0. The fraction of sp³-hybridized carbons (Fsp3) is 0.267. The number of carbonyl (C=O) groups is 1. The van der Waals surface area contributed by atoms with E-state index in [1.165, 1.54) is 22.2 Å². The molecule has 0 unspecified atom stereocenters. The molecule has 3 rings (SSSR count). The van der Waals surface area contributed by atoms with Gasteiger partial charge in [-0.15, -0.1) is 21.5 Å². The lowest BCUT2D eigenvalue weighted by Crippen LogP contribution is -2.24. The summed E-state index contributed by atoms with van der Waals surface area (Å²) < 4.78 is 7.14. The summed E-state index contributed by atoms with van der Waals surface area (Å²) in [5.41, 5.74) is 1.21. The third-order valence-corrected chi connectivity index (χ3v) is 5.37. The summed E-state index contributed by atoms with van der Waals surface area (Å²) in [6.07, 6.45) is 1.59. The second-order valence-electron chi connectivity index (χ2n) is 4.93. The first-order valence-electron chi connectivity index (χ1n) is 7.01. The predicted molar refractivity (Wildman–Crippen MR) is 90.3 cm³/mol. The van der Waals surface area contributed by atoms with Crippen molar-refractivity contribution in [1.82, 2.24) is 20.1 Å². The van der Waals surface area contributed by atoms with Gasteiger partial charge < -0.3 is 14.3 Å². The van der Waals surface area contributed by atoms with Crippen LogP contribution in [0, 0.1) is 6.92 Å². The number of thioether (sulfide) groups is 1. The lowest BCUT2D eigenvalue weighted by Gasteiger charge is -2.05. The van der Waals surface area contributed by atoms with Crippen molar-refractivity contribution in [2.75, 3.05) is 5.75 Å². The van der Waals surface area contributed by atoms with Crippen molar-refractivity contribution in [3.05, 3.63) is 40.3 Å². The van der Waals surface area contributed by atoms with Gasteiger partial charge in [-0.1, -0.05) is 11.8 Å². The van der Waals surface area contributed by atoms with E-state index in [0.29, 0.717) is 29.0 Å². The molecule has 120 valence electrons. The topological polar surface area (TPSA) is 73.0 Å². The SMILES string of the molecule is Cc1ccsc1CNC(=O)CSc1nnc(-c2ccco2)n1C. The third-order valence-electron chi connectivity index (χ3n) is 3.32. The van der Waals surface area contributed by atoms with E-state index in [-0.39, 0.29) is 5.91 Å². The van der Waals surface area contributed by atoms with Gasteiger partial charge in [-0.3, -0.25) is 4.79 Å². The van der Waals surface area contributed by atoms with Gasteiger partial charge in [0.15, 0.2) is 16.7 Å². The highest BCUT2D eigenvalue weighted by Crippen LogP contribution is 2.22. The van der Waals surface area contributed by atoms with E-state index in [1.54, 1.807) is 23.7 Å². The van der Waals surface area contributed by atoms with Crippen LogP contribution in [0.2, 0.25) is 0 Å². The number of amides is 1. The van der Waals surface area contributed by atoms with Crippen LogP contribution in [-0.4, -0.2) is 26.4 Å². The van der Waals surface area contributed by atoms with Crippen molar-refractivity contribution >= 4 is 29.0 Å². The smallest absolute Gasteiger partial charge is 0.230 e. The van der Waals surface area contributed by atoms with E-state index in [9.17, 15) is 4.79 Å². The number of hydrogen-bond donors (Lipinski definition) is 1. The van der Waals surface area contributed by atoms with Gasteiger partial charge in [-0.25, -0.2) is 0 Å². The summed E-state index contributed by atoms with van der Waals surface area (Å²) >= 11 is 3.01. The number of nitrogens with zero attached hydrogens (tertiary/aromatic N) is 3. The fourth-order valence-electron chi connectivity index (χ4n) is 2.01. The van der Waals surface area contributed by atoms with E-state index in [1.807, 2.05) is 30.0 Å².